The summed E-state index contributed by atoms with van der Waals surface area (Å²) in [7, 11) is 0. The van der Waals surface area contributed by atoms with Crippen molar-refractivity contribution in [3.63, 3.8) is 0 Å². The molecule has 3 N–H and O–H groups in total. The molecule has 0 aliphatic carbocycles. The van der Waals surface area contributed by atoms with Crippen LogP contribution in [-0.2, 0) is 4.79 Å². The van der Waals surface area contributed by atoms with Gasteiger partial charge < -0.3 is 20.9 Å². The van der Waals surface area contributed by atoms with E-state index < -0.39 is 11.0 Å². The number of primary amides is 1. The number of benzene rings is 1. The highest BCUT2D eigenvalue weighted by Crippen LogP contribution is 2.20. The lowest BCUT2D eigenvalue weighted by Gasteiger charge is -2.36. The molecule has 0 bridgehead atoms. The smallest absolute Gasteiger partial charge is 0.312 e. The van der Waals surface area contributed by atoms with Crippen LogP contribution < -0.4 is 16.0 Å². The van der Waals surface area contributed by atoms with Gasteiger partial charge in [0.1, 0.15) is 0 Å². The molecule has 0 radical (unpaired) electrons. The number of amides is 3. The van der Waals surface area contributed by atoms with Crippen LogP contribution in [0.2, 0.25) is 0 Å². The van der Waals surface area contributed by atoms with Crippen LogP contribution in [0.15, 0.2) is 24.3 Å². The first-order valence-electron chi connectivity index (χ1n) is 6.78. The number of carbonyl (C=O) groups is 2. The molecule has 1 aromatic rings. The fourth-order valence-electron chi connectivity index (χ4n) is 2.27. The van der Waals surface area contributed by atoms with Gasteiger partial charge in [0.25, 0.3) is 5.69 Å². The lowest BCUT2D eigenvalue weighted by atomic mass is 10.2. The van der Waals surface area contributed by atoms with Crippen molar-refractivity contribution in [3.05, 3.63) is 34.4 Å². The minimum absolute atomic E-state index is 0.0510. The van der Waals surface area contributed by atoms with Crippen molar-refractivity contribution in [2.45, 2.75) is 0 Å². The zero-order valence-corrected chi connectivity index (χ0v) is 11.9. The summed E-state index contributed by atoms with van der Waals surface area (Å²) in [5, 5.41) is 12.9. The number of carbonyl (C=O) groups excluding carboxylic acids is 2. The quantitative estimate of drug-likeness (QED) is 0.594. The molecule has 2 rings (SSSR count). The molecule has 0 spiro atoms. The fourth-order valence-corrected chi connectivity index (χ4v) is 2.27. The number of urea groups is 1. The van der Waals surface area contributed by atoms with Gasteiger partial charge in [0.05, 0.1) is 11.5 Å². The van der Waals surface area contributed by atoms with Gasteiger partial charge >= 0.3 is 6.03 Å². The van der Waals surface area contributed by atoms with Gasteiger partial charge in [0.15, 0.2) is 0 Å². The predicted octanol–water partition coefficient (Wildman–Crippen LogP) is -0.0883. The second kappa shape index (κ2) is 6.74. The number of nitro benzene ring substituents is 1. The van der Waals surface area contributed by atoms with Gasteiger partial charge in [-0.2, -0.15) is 0 Å². The van der Waals surface area contributed by atoms with Crippen LogP contribution in [-0.4, -0.2) is 54.5 Å². The summed E-state index contributed by atoms with van der Waals surface area (Å²) in [5.41, 5.74) is 5.86. The van der Waals surface area contributed by atoms with Gasteiger partial charge in [-0.25, -0.2) is 4.79 Å². The van der Waals surface area contributed by atoms with E-state index in [4.69, 9.17) is 5.73 Å². The van der Waals surface area contributed by atoms with Crippen molar-refractivity contribution in [1.29, 1.82) is 0 Å². The Bertz CT molecular complexity index is 566. The third kappa shape index (κ3) is 3.84. The molecule has 1 saturated heterocycles. The molecule has 0 aromatic heterocycles. The first kappa shape index (κ1) is 15.5. The Hall–Kier alpha value is -2.84. The van der Waals surface area contributed by atoms with Crippen molar-refractivity contribution in [2.75, 3.05) is 37.6 Å². The number of piperazine rings is 1. The van der Waals surface area contributed by atoms with Crippen LogP contribution in [0.5, 0.6) is 0 Å². The monoisotopic (exact) mass is 307 g/mol. The summed E-state index contributed by atoms with van der Waals surface area (Å²) >= 11 is 0. The first-order chi connectivity index (χ1) is 10.5. The molecule has 1 aliphatic heterocycles. The highest BCUT2D eigenvalue weighted by atomic mass is 16.6. The van der Waals surface area contributed by atoms with E-state index in [0.717, 1.165) is 5.69 Å². The number of hydrogen-bond acceptors (Lipinski definition) is 5. The largest absolute Gasteiger partial charge is 0.368 e. The number of nitrogens with one attached hydrogen (secondary N) is 1. The van der Waals surface area contributed by atoms with Crippen LogP contribution in [0.3, 0.4) is 0 Å². The van der Waals surface area contributed by atoms with Crippen molar-refractivity contribution in [3.8, 4) is 0 Å². The molecule has 9 nitrogen and oxygen atoms in total. The molecule has 0 saturated carbocycles. The van der Waals surface area contributed by atoms with E-state index in [1.54, 1.807) is 17.0 Å². The zero-order valence-electron chi connectivity index (χ0n) is 11.9. The van der Waals surface area contributed by atoms with E-state index in [0.29, 0.717) is 26.2 Å². The third-order valence-electron chi connectivity index (χ3n) is 3.47. The fraction of sp³-hybridized carbons (Fsp3) is 0.385. The number of anilines is 1. The van der Waals surface area contributed by atoms with Gasteiger partial charge in [-0.1, -0.05) is 0 Å². The molecule has 1 aliphatic rings. The Morgan fingerprint density at radius 1 is 1.18 bits per heavy atom. The molecule has 118 valence electrons. The molecule has 1 heterocycles. The molecule has 1 fully saturated rings. The highest BCUT2D eigenvalue weighted by Gasteiger charge is 2.21. The maximum Gasteiger partial charge on any atom is 0.312 e. The van der Waals surface area contributed by atoms with Crippen LogP contribution in [0.4, 0.5) is 16.2 Å². The van der Waals surface area contributed by atoms with Crippen LogP contribution in [0.25, 0.3) is 0 Å². The van der Waals surface area contributed by atoms with Crippen LogP contribution in [0.1, 0.15) is 0 Å². The number of hydrogen-bond donors (Lipinski definition) is 2. The van der Waals surface area contributed by atoms with Crippen molar-refractivity contribution < 1.29 is 14.5 Å². The SMILES string of the molecule is NC(=O)NCC(=O)N1CCN(c2ccc([N+](=O)[O-])cc2)CC1. The van der Waals surface area contributed by atoms with Gasteiger partial charge in [0, 0.05) is 44.0 Å². The zero-order chi connectivity index (χ0) is 16.1. The van der Waals surface area contributed by atoms with E-state index in [-0.39, 0.29) is 18.1 Å². The molecule has 3 amide bonds. The summed E-state index contributed by atoms with van der Waals surface area (Å²) in [6, 6.07) is 5.60. The topological polar surface area (TPSA) is 122 Å². The minimum atomic E-state index is -0.724. The number of rotatable bonds is 4. The Morgan fingerprint density at radius 3 is 2.27 bits per heavy atom. The second-order valence-corrected chi connectivity index (χ2v) is 4.86. The van der Waals surface area contributed by atoms with Crippen molar-refractivity contribution in [2.24, 2.45) is 5.73 Å². The number of non-ortho nitro benzene ring substituents is 1. The Balaban J connectivity index is 1.87. The first-order valence-corrected chi connectivity index (χ1v) is 6.78. The van der Waals surface area contributed by atoms with E-state index in [2.05, 4.69) is 10.2 Å². The predicted molar refractivity (Wildman–Crippen MR) is 79.5 cm³/mol. The maximum atomic E-state index is 11.8. The van der Waals surface area contributed by atoms with E-state index in [1.807, 2.05) is 0 Å². The number of nitro groups is 1. The minimum Gasteiger partial charge on any atom is -0.368 e. The van der Waals surface area contributed by atoms with Crippen LogP contribution in [0, 0.1) is 10.1 Å². The summed E-state index contributed by atoms with van der Waals surface area (Å²) in [5.74, 6) is -0.179. The Morgan fingerprint density at radius 2 is 1.77 bits per heavy atom. The van der Waals surface area contributed by atoms with Gasteiger partial charge in [0.2, 0.25) is 5.91 Å². The molecule has 22 heavy (non-hydrogen) atoms. The average Bonchev–Trinajstić information content (AvgIpc) is 2.53. The molecule has 9 heteroatoms. The van der Waals surface area contributed by atoms with Gasteiger partial charge in [-0.3, -0.25) is 14.9 Å². The summed E-state index contributed by atoms with van der Waals surface area (Å²) < 4.78 is 0. The third-order valence-corrected chi connectivity index (χ3v) is 3.47. The maximum absolute atomic E-state index is 11.8. The second-order valence-electron chi connectivity index (χ2n) is 4.86. The molecular weight excluding hydrogens is 290 g/mol. The van der Waals surface area contributed by atoms with Gasteiger partial charge in [-0.05, 0) is 12.1 Å². The number of nitrogens with two attached hydrogens (primary N) is 1. The van der Waals surface area contributed by atoms with E-state index >= 15 is 0 Å². The van der Waals surface area contributed by atoms with Gasteiger partial charge in [-0.15, -0.1) is 0 Å². The summed E-state index contributed by atoms with van der Waals surface area (Å²) in [6.45, 7) is 2.19. The average molecular weight is 307 g/mol. The van der Waals surface area contributed by atoms with E-state index in [9.17, 15) is 19.7 Å². The normalized spacial score (nSPS) is 14.5. The lowest BCUT2D eigenvalue weighted by molar-refractivity contribution is -0.384. The molecule has 0 atom stereocenters. The summed E-state index contributed by atoms with van der Waals surface area (Å²) in [6.07, 6.45) is 0. The standard InChI is InChI=1S/C13H17N5O4/c14-13(20)15-9-12(19)17-7-5-16(6-8-17)10-1-3-11(4-2-10)18(21)22/h1-4H,5-9H2,(H3,14,15,20). The number of nitrogens with zero attached hydrogens (tertiary/aromatic N) is 3. The Kier molecular flexibility index (Phi) is 4.77. The molecule has 1 aromatic carbocycles. The highest BCUT2D eigenvalue weighted by molar-refractivity contribution is 5.83. The summed E-state index contributed by atoms with van der Waals surface area (Å²) in [4.78, 5) is 36.3. The van der Waals surface area contributed by atoms with Crippen molar-refractivity contribution in [1.82, 2.24) is 10.2 Å². The van der Waals surface area contributed by atoms with Crippen molar-refractivity contribution >= 4 is 23.3 Å². The molecule has 0 unspecified atom stereocenters. The van der Waals surface area contributed by atoms with Crippen LogP contribution >= 0.6 is 0 Å². The Labute approximate surface area is 126 Å². The molecular formula is C13H17N5O4. The van der Waals surface area contributed by atoms with E-state index in [1.165, 1.54) is 12.1 Å². The lowest BCUT2D eigenvalue weighted by Crippen LogP contribution is -2.51.